The fourth-order valence-electron chi connectivity index (χ4n) is 4.47. The second kappa shape index (κ2) is 8.83. The number of anilines is 1. The van der Waals surface area contributed by atoms with Crippen molar-refractivity contribution in [2.45, 2.75) is 13.5 Å². The van der Waals surface area contributed by atoms with Crippen LogP contribution in [-0.2, 0) is 6.54 Å². The van der Waals surface area contributed by atoms with E-state index < -0.39 is 11.8 Å². The molecule has 0 spiro atoms. The van der Waals surface area contributed by atoms with E-state index in [0.29, 0.717) is 22.9 Å². The SMILES string of the molecule is Cc1cc(NC(=O)c2ccc3c(c2)C(=O)N(Cc2ccccc2)C3=O)n(-c2ccc3ccccc3n2)n1. The molecule has 3 heterocycles. The first-order valence-corrected chi connectivity index (χ1v) is 11.8. The van der Waals surface area contributed by atoms with Gasteiger partial charge < -0.3 is 5.32 Å². The smallest absolute Gasteiger partial charge is 0.261 e. The Balaban J connectivity index is 1.27. The van der Waals surface area contributed by atoms with Crippen molar-refractivity contribution in [3.05, 3.63) is 119 Å². The van der Waals surface area contributed by atoms with Crippen LogP contribution in [0.1, 0.15) is 42.3 Å². The van der Waals surface area contributed by atoms with Crippen molar-refractivity contribution in [2.24, 2.45) is 0 Å². The molecule has 1 N–H and O–H groups in total. The van der Waals surface area contributed by atoms with Crippen LogP contribution in [0.5, 0.6) is 0 Å². The number of hydrogen-bond acceptors (Lipinski definition) is 5. The average molecular weight is 488 g/mol. The Kier molecular flexibility index (Phi) is 5.34. The van der Waals surface area contributed by atoms with Crippen molar-refractivity contribution in [3.8, 4) is 5.82 Å². The van der Waals surface area contributed by atoms with Crippen LogP contribution in [0.4, 0.5) is 5.82 Å². The van der Waals surface area contributed by atoms with Crippen LogP contribution in [0.2, 0.25) is 0 Å². The lowest BCUT2D eigenvalue weighted by Crippen LogP contribution is -2.29. The van der Waals surface area contributed by atoms with Gasteiger partial charge in [0.25, 0.3) is 17.7 Å². The maximum Gasteiger partial charge on any atom is 0.261 e. The van der Waals surface area contributed by atoms with Crippen molar-refractivity contribution in [2.75, 3.05) is 5.32 Å². The van der Waals surface area contributed by atoms with Crippen molar-refractivity contribution >= 4 is 34.4 Å². The number of amides is 3. The summed E-state index contributed by atoms with van der Waals surface area (Å²) in [5.74, 6) is -0.203. The lowest BCUT2D eigenvalue weighted by Gasteiger charge is -2.13. The van der Waals surface area contributed by atoms with Gasteiger partial charge in [0.2, 0.25) is 0 Å². The minimum atomic E-state index is -0.425. The number of nitrogens with zero attached hydrogens (tertiary/aromatic N) is 4. The van der Waals surface area contributed by atoms with Crippen LogP contribution >= 0.6 is 0 Å². The molecule has 5 aromatic rings. The van der Waals surface area contributed by atoms with Crippen molar-refractivity contribution in [1.82, 2.24) is 19.7 Å². The van der Waals surface area contributed by atoms with Crippen LogP contribution in [-0.4, -0.2) is 37.4 Å². The summed E-state index contributed by atoms with van der Waals surface area (Å²) in [5, 5.41) is 8.37. The predicted molar refractivity (Wildman–Crippen MR) is 139 cm³/mol. The van der Waals surface area contributed by atoms with Gasteiger partial charge >= 0.3 is 0 Å². The minimum absolute atomic E-state index is 0.173. The highest BCUT2D eigenvalue weighted by atomic mass is 16.2. The molecule has 1 aliphatic heterocycles. The molecule has 8 heteroatoms. The monoisotopic (exact) mass is 487 g/mol. The Morgan fingerprint density at radius 3 is 2.43 bits per heavy atom. The molecule has 0 unspecified atom stereocenters. The Bertz CT molecular complexity index is 1710. The molecule has 0 radical (unpaired) electrons. The molecule has 0 saturated heterocycles. The number of pyridine rings is 1. The van der Waals surface area contributed by atoms with Gasteiger partial charge in [0.05, 0.1) is 28.9 Å². The van der Waals surface area contributed by atoms with Crippen molar-refractivity contribution in [3.63, 3.8) is 0 Å². The van der Waals surface area contributed by atoms with Gasteiger partial charge in [-0.05, 0) is 48.9 Å². The number of carbonyl (C=O) groups is 3. The molecule has 37 heavy (non-hydrogen) atoms. The number of para-hydroxylation sites is 1. The summed E-state index contributed by atoms with van der Waals surface area (Å²) >= 11 is 0. The zero-order valence-electron chi connectivity index (χ0n) is 19.9. The number of aromatic nitrogens is 3. The highest BCUT2D eigenvalue weighted by molar-refractivity contribution is 6.22. The standard InChI is InChI=1S/C29H21N5O3/c1-18-15-26(34(32-18)25-14-12-20-9-5-6-10-24(20)30-25)31-27(35)21-11-13-22-23(16-21)29(37)33(28(22)36)17-19-7-3-2-4-8-19/h2-16H,17H2,1H3,(H,31,35). The van der Waals surface area contributed by atoms with Crippen LogP contribution < -0.4 is 5.32 Å². The summed E-state index contributed by atoms with van der Waals surface area (Å²) in [6.07, 6.45) is 0. The molecular weight excluding hydrogens is 466 g/mol. The molecule has 3 aromatic carbocycles. The quantitative estimate of drug-likeness (QED) is 0.360. The zero-order chi connectivity index (χ0) is 25.5. The maximum absolute atomic E-state index is 13.2. The lowest BCUT2D eigenvalue weighted by atomic mass is 10.1. The Morgan fingerprint density at radius 1 is 0.838 bits per heavy atom. The van der Waals surface area contributed by atoms with E-state index in [-0.39, 0.29) is 23.6 Å². The summed E-state index contributed by atoms with van der Waals surface area (Å²) < 4.78 is 1.57. The van der Waals surface area contributed by atoms with E-state index in [9.17, 15) is 14.4 Å². The minimum Gasteiger partial charge on any atom is -0.306 e. The maximum atomic E-state index is 13.2. The van der Waals surface area contributed by atoms with E-state index in [1.807, 2.05) is 73.7 Å². The topological polar surface area (TPSA) is 97.2 Å². The van der Waals surface area contributed by atoms with Gasteiger partial charge in [0.15, 0.2) is 5.82 Å². The van der Waals surface area contributed by atoms with Crippen LogP contribution in [0.3, 0.4) is 0 Å². The van der Waals surface area contributed by atoms with Crippen LogP contribution in [0.15, 0.2) is 91.0 Å². The van der Waals surface area contributed by atoms with Crippen LogP contribution in [0.25, 0.3) is 16.7 Å². The Morgan fingerprint density at radius 2 is 1.59 bits per heavy atom. The normalized spacial score (nSPS) is 12.7. The summed E-state index contributed by atoms with van der Waals surface area (Å²) in [6, 6.07) is 27.1. The second-order valence-electron chi connectivity index (χ2n) is 8.84. The number of carbonyl (C=O) groups excluding carboxylic acids is 3. The van der Waals surface area contributed by atoms with E-state index in [1.165, 1.54) is 17.0 Å². The number of rotatable bonds is 5. The third kappa shape index (κ3) is 4.04. The number of imide groups is 1. The zero-order valence-corrected chi connectivity index (χ0v) is 19.9. The summed E-state index contributed by atoms with van der Waals surface area (Å²) in [6.45, 7) is 2.00. The third-order valence-corrected chi connectivity index (χ3v) is 6.29. The van der Waals surface area contributed by atoms with E-state index in [2.05, 4.69) is 15.4 Å². The number of hydrogen-bond donors (Lipinski definition) is 1. The van der Waals surface area contributed by atoms with E-state index >= 15 is 0 Å². The molecule has 0 atom stereocenters. The number of aryl methyl sites for hydroxylation is 1. The van der Waals surface area contributed by atoms with Gasteiger partial charge in [-0.3, -0.25) is 19.3 Å². The van der Waals surface area contributed by atoms with Crippen molar-refractivity contribution < 1.29 is 14.4 Å². The number of fused-ring (bicyclic) bond motifs is 2. The summed E-state index contributed by atoms with van der Waals surface area (Å²) in [5.41, 5.74) is 3.14. The highest BCUT2D eigenvalue weighted by Crippen LogP contribution is 2.26. The van der Waals surface area contributed by atoms with E-state index in [1.54, 1.807) is 16.8 Å². The van der Waals surface area contributed by atoms with E-state index in [0.717, 1.165) is 16.5 Å². The molecular formula is C29H21N5O3. The molecule has 0 aliphatic carbocycles. The van der Waals surface area contributed by atoms with Crippen LogP contribution in [0, 0.1) is 6.92 Å². The summed E-state index contributed by atoms with van der Waals surface area (Å²) in [4.78, 5) is 45.0. The number of benzene rings is 3. The predicted octanol–water partition coefficient (Wildman–Crippen LogP) is 4.78. The molecule has 3 amide bonds. The van der Waals surface area contributed by atoms with E-state index in [4.69, 9.17) is 0 Å². The second-order valence-corrected chi connectivity index (χ2v) is 8.84. The fourth-order valence-corrected chi connectivity index (χ4v) is 4.47. The van der Waals surface area contributed by atoms with Gasteiger partial charge in [0.1, 0.15) is 5.82 Å². The first-order valence-electron chi connectivity index (χ1n) is 11.8. The Hall–Kier alpha value is -5.11. The molecule has 0 saturated carbocycles. The molecule has 8 nitrogen and oxygen atoms in total. The van der Waals surface area contributed by atoms with Gasteiger partial charge in [-0.2, -0.15) is 9.78 Å². The molecule has 0 bridgehead atoms. The first kappa shape index (κ1) is 22.4. The largest absolute Gasteiger partial charge is 0.306 e. The average Bonchev–Trinajstić information content (AvgIpc) is 3.40. The molecule has 180 valence electrons. The lowest BCUT2D eigenvalue weighted by molar-refractivity contribution is 0.0642. The first-order chi connectivity index (χ1) is 18.0. The molecule has 0 fully saturated rings. The molecule has 1 aliphatic rings. The fraction of sp³-hybridized carbons (Fsp3) is 0.0690. The van der Waals surface area contributed by atoms with Crippen molar-refractivity contribution in [1.29, 1.82) is 0 Å². The highest BCUT2D eigenvalue weighted by Gasteiger charge is 2.36. The number of nitrogens with one attached hydrogen (secondary N) is 1. The van der Waals surface area contributed by atoms with Gasteiger partial charge in [0, 0.05) is 17.0 Å². The summed E-state index contributed by atoms with van der Waals surface area (Å²) in [7, 11) is 0. The molecule has 6 rings (SSSR count). The van der Waals surface area contributed by atoms with Gasteiger partial charge in [-0.25, -0.2) is 4.98 Å². The van der Waals surface area contributed by atoms with Gasteiger partial charge in [-0.15, -0.1) is 0 Å². The molecule has 2 aromatic heterocycles. The third-order valence-electron chi connectivity index (χ3n) is 6.29. The van der Waals surface area contributed by atoms with Gasteiger partial charge in [-0.1, -0.05) is 48.5 Å². The Labute approximate surface area is 212 Å².